The molecule has 1 aromatic rings. The molecule has 0 aromatic heterocycles. The molecule has 0 radical (unpaired) electrons. The Kier molecular flexibility index (Phi) is 5.04. The third-order valence-corrected chi connectivity index (χ3v) is 5.29. The third kappa shape index (κ3) is 3.80. The van der Waals surface area contributed by atoms with Gasteiger partial charge in [0.1, 0.15) is 0 Å². The number of benzene rings is 1. The molecular formula is C16H25BrN2. The highest BCUT2D eigenvalue weighted by Gasteiger charge is 2.18. The molecule has 0 amide bonds. The summed E-state index contributed by atoms with van der Waals surface area (Å²) in [7, 11) is 0. The first-order valence-electron chi connectivity index (χ1n) is 7.19. The lowest BCUT2D eigenvalue weighted by Gasteiger charge is -2.37. The van der Waals surface area contributed by atoms with Crippen LogP contribution in [0.1, 0.15) is 30.5 Å². The van der Waals surface area contributed by atoms with Gasteiger partial charge in [0.2, 0.25) is 0 Å². The van der Waals surface area contributed by atoms with Crippen molar-refractivity contribution in [3.8, 4) is 0 Å². The van der Waals surface area contributed by atoms with Gasteiger partial charge in [-0.15, -0.1) is 0 Å². The van der Waals surface area contributed by atoms with Crippen molar-refractivity contribution in [1.29, 1.82) is 0 Å². The molecule has 1 fully saturated rings. The molecule has 0 spiro atoms. The molecule has 0 atom stereocenters. The van der Waals surface area contributed by atoms with Crippen molar-refractivity contribution in [2.24, 2.45) is 0 Å². The van der Waals surface area contributed by atoms with Gasteiger partial charge in [-0.05, 0) is 44.4 Å². The van der Waals surface area contributed by atoms with Crippen molar-refractivity contribution in [2.75, 3.05) is 26.2 Å². The second-order valence-corrected chi connectivity index (χ2v) is 6.74. The summed E-state index contributed by atoms with van der Waals surface area (Å²) in [5, 5.41) is 0. The lowest BCUT2D eigenvalue weighted by molar-refractivity contribution is 0.104. The molecule has 1 aromatic carbocycles. The highest BCUT2D eigenvalue weighted by Crippen LogP contribution is 2.23. The van der Waals surface area contributed by atoms with Crippen molar-refractivity contribution in [3.05, 3.63) is 33.3 Å². The zero-order chi connectivity index (χ0) is 14.0. The maximum atomic E-state index is 3.64. The maximum absolute atomic E-state index is 3.64. The van der Waals surface area contributed by atoms with Crippen molar-refractivity contribution in [2.45, 2.75) is 40.3 Å². The second kappa shape index (κ2) is 6.38. The summed E-state index contributed by atoms with van der Waals surface area (Å²) in [4.78, 5) is 5.13. The first-order valence-corrected chi connectivity index (χ1v) is 7.98. The lowest BCUT2D eigenvalue weighted by Crippen LogP contribution is -2.48. The molecule has 1 aliphatic heterocycles. The fourth-order valence-electron chi connectivity index (χ4n) is 2.82. The molecule has 3 heteroatoms. The van der Waals surface area contributed by atoms with Crippen molar-refractivity contribution >= 4 is 15.9 Å². The molecule has 2 nitrogen and oxygen atoms in total. The summed E-state index contributed by atoms with van der Waals surface area (Å²) in [6.45, 7) is 14.8. The van der Waals surface area contributed by atoms with E-state index >= 15 is 0 Å². The Hall–Kier alpha value is -0.380. The van der Waals surface area contributed by atoms with Gasteiger partial charge in [-0.25, -0.2) is 0 Å². The monoisotopic (exact) mass is 324 g/mol. The Morgan fingerprint density at radius 2 is 1.58 bits per heavy atom. The number of piperazine rings is 1. The van der Waals surface area contributed by atoms with Gasteiger partial charge in [-0.1, -0.05) is 28.1 Å². The van der Waals surface area contributed by atoms with Crippen LogP contribution in [0.25, 0.3) is 0 Å². The van der Waals surface area contributed by atoms with Crippen LogP contribution in [0, 0.1) is 13.8 Å². The molecule has 1 heterocycles. The fourth-order valence-corrected chi connectivity index (χ4v) is 3.05. The smallest absolute Gasteiger partial charge is 0.0235 e. The number of hydrogen-bond donors (Lipinski definition) is 0. The summed E-state index contributed by atoms with van der Waals surface area (Å²) in [6, 6.07) is 5.30. The summed E-state index contributed by atoms with van der Waals surface area (Å²) in [5.74, 6) is 0. The van der Waals surface area contributed by atoms with Crippen molar-refractivity contribution < 1.29 is 0 Å². The Morgan fingerprint density at radius 3 is 2.05 bits per heavy atom. The minimum atomic E-state index is 0.680. The second-order valence-electron chi connectivity index (χ2n) is 5.95. The van der Waals surface area contributed by atoms with Crippen molar-refractivity contribution in [1.82, 2.24) is 9.80 Å². The van der Waals surface area contributed by atoms with Gasteiger partial charge in [0.25, 0.3) is 0 Å². The van der Waals surface area contributed by atoms with E-state index in [0.717, 1.165) is 6.54 Å². The number of halogens is 1. The normalized spacial score (nSPS) is 18.2. The van der Waals surface area contributed by atoms with Crippen LogP contribution < -0.4 is 0 Å². The summed E-state index contributed by atoms with van der Waals surface area (Å²) >= 11 is 3.64. The molecule has 1 saturated heterocycles. The van der Waals surface area contributed by atoms with Gasteiger partial charge in [0.15, 0.2) is 0 Å². The minimum absolute atomic E-state index is 0.680. The lowest BCUT2D eigenvalue weighted by atomic mass is 10.1. The predicted molar refractivity (Wildman–Crippen MR) is 85.6 cm³/mol. The van der Waals surface area contributed by atoms with Gasteiger partial charge < -0.3 is 0 Å². The topological polar surface area (TPSA) is 6.48 Å². The van der Waals surface area contributed by atoms with E-state index in [4.69, 9.17) is 0 Å². The van der Waals surface area contributed by atoms with Gasteiger partial charge in [-0.2, -0.15) is 0 Å². The highest BCUT2D eigenvalue weighted by atomic mass is 79.9. The molecule has 106 valence electrons. The van der Waals surface area contributed by atoms with E-state index in [1.54, 1.807) is 0 Å². The molecule has 0 N–H and O–H groups in total. The minimum Gasteiger partial charge on any atom is -0.298 e. The van der Waals surface area contributed by atoms with Crippen LogP contribution in [0.15, 0.2) is 16.6 Å². The average molecular weight is 325 g/mol. The van der Waals surface area contributed by atoms with Gasteiger partial charge >= 0.3 is 0 Å². The van der Waals surface area contributed by atoms with Crippen LogP contribution in [0.5, 0.6) is 0 Å². The maximum Gasteiger partial charge on any atom is 0.0235 e. The standard InChI is InChI=1S/C16H25BrN2/c1-12(2)19-7-5-18(6-8-19)11-15-9-13(3)16(17)14(4)10-15/h9-10,12H,5-8,11H2,1-4H3. The predicted octanol–water partition coefficient (Wildman–Crippen LogP) is 3.59. The largest absolute Gasteiger partial charge is 0.298 e. The summed E-state index contributed by atoms with van der Waals surface area (Å²) in [5.41, 5.74) is 4.13. The van der Waals surface area contributed by atoms with E-state index in [2.05, 4.69) is 65.6 Å². The van der Waals surface area contributed by atoms with Crippen LogP contribution in [-0.2, 0) is 6.54 Å². The zero-order valence-electron chi connectivity index (χ0n) is 12.5. The Labute approximate surface area is 125 Å². The Bertz CT molecular complexity index is 411. The molecule has 1 aliphatic rings. The average Bonchev–Trinajstić information content (AvgIpc) is 2.36. The number of rotatable bonds is 3. The molecule has 2 rings (SSSR count). The molecule has 19 heavy (non-hydrogen) atoms. The molecule has 0 saturated carbocycles. The van der Waals surface area contributed by atoms with Crippen LogP contribution in [0.2, 0.25) is 0 Å². The number of aryl methyl sites for hydroxylation is 2. The number of nitrogens with zero attached hydrogens (tertiary/aromatic N) is 2. The van der Waals surface area contributed by atoms with Crippen LogP contribution in [0.3, 0.4) is 0 Å². The van der Waals surface area contributed by atoms with E-state index in [1.807, 2.05) is 0 Å². The molecular weight excluding hydrogens is 300 g/mol. The van der Waals surface area contributed by atoms with Crippen LogP contribution >= 0.6 is 15.9 Å². The van der Waals surface area contributed by atoms with Crippen molar-refractivity contribution in [3.63, 3.8) is 0 Å². The van der Waals surface area contributed by atoms with E-state index in [1.165, 1.54) is 47.3 Å². The number of hydrogen-bond acceptors (Lipinski definition) is 2. The van der Waals surface area contributed by atoms with Crippen LogP contribution in [0.4, 0.5) is 0 Å². The van der Waals surface area contributed by atoms with E-state index in [0.29, 0.717) is 6.04 Å². The first kappa shape index (κ1) is 15.0. The summed E-state index contributed by atoms with van der Waals surface area (Å²) < 4.78 is 1.25. The SMILES string of the molecule is Cc1cc(CN2CCN(C(C)C)CC2)cc(C)c1Br. The Morgan fingerprint density at radius 1 is 1.05 bits per heavy atom. The van der Waals surface area contributed by atoms with Gasteiger partial charge in [0.05, 0.1) is 0 Å². The fraction of sp³-hybridized carbons (Fsp3) is 0.625. The highest BCUT2D eigenvalue weighted by molar-refractivity contribution is 9.10. The van der Waals surface area contributed by atoms with Crippen LogP contribution in [-0.4, -0.2) is 42.0 Å². The van der Waals surface area contributed by atoms with E-state index in [-0.39, 0.29) is 0 Å². The molecule has 0 unspecified atom stereocenters. The molecule has 0 bridgehead atoms. The van der Waals surface area contributed by atoms with E-state index in [9.17, 15) is 0 Å². The first-order chi connectivity index (χ1) is 8.97. The zero-order valence-corrected chi connectivity index (χ0v) is 14.1. The van der Waals surface area contributed by atoms with E-state index < -0.39 is 0 Å². The molecule has 0 aliphatic carbocycles. The van der Waals surface area contributed by atoms with Gasteiger partial charge in [0, 0.05) is 43.2 Å². The summed E-state index contributed by atoms with van der Waals surface area (Å²) in [6.07, 6.45) is 0. The Balaban J connectivity index is 1.96. The third-order valence-electron chi connectivity index (χ3n) is 4.04. The van der Waals surface area contributed by atoms with Gasteiger partial charge in [-0.3, -0.25) is 9.80 Å². The quantitative estimate of drug-likeness (QED) is 0.838.